The van der Waals surface area contributed by atoms with Crippen molar-refractivity contribution in [3.63, 3.8) is 0 Å². The molecule has 0 aliphatic carbocycles. The molecule has 2 amide bonds. The molecule has 0 unspecified atom stereocenters. The SMILES string of the molecule is CC(=O)NCSCCC(=O)Nc1ccc(OC(F)(F)F)cc1. The van der Waals surface area contributed by atoms with E-state index in [0.29, 0.717) is 17.3 Å². The molecule has 5 nitrogen and oxygen atoms in total. The molecule has 0 heterocycles. The maximum atomic E-state index is 12.0. The molecule has 22 heavy (non-hydrogen) atoms. The van der Waals surface area contributed by atoms with Gasteiger partial charge in [0.1, 0.15) is 5.75 Å². The van der Waals surface area contributed by atoms with Crippen molar-refractivity contribution in [1.29, 1.82) is 0 Å². The second-order valence-electron chi connectivity index (χ2n) is 4.16. The molecule has 0 spiro atoms. The second-order valence-corrected chi connectivity index (χ2v) is 5.26. The minimum absolute atomic E-state index is 0.141. The lowest BCUT2D eigenvalue weighted by molar-refractivity contribution is -0.274. The summed E-state index contributed by atoms with van der Waals surface area (Å²) in [6.45, 7) is 1.40. The van der Waals surface area contributed by atoms with Crippen LogP contribution in [0.4, 0.5) is 18.9 Å². The Kier molecular flexibility index (Phi) is 7.03. The fourth-order valence-corrected chi connectivity index (χ4v) is 2.13. The van der Waals surface area contributed by atoms with Gasteiger partial charge in [0.15, 0.2) is 0 Å². The third-order valence-electron chi connectivity index (χ3n) is 2.27. The maximum Gasteiger partial charge on any atom is 0.573 e. The number of anilines is 1. The van der Waals surface area contributed by atoms with E-state index in [2.05, 4.69) is 15.4 Å². The Morgan fingerprint density at radius 3 is 2.41 bits per heavy atom. The summed E-state index contributed by atoms with van der Waals surface area (Å²) in [6, 6.07) is 4.89. The van der Waals surface area contributed by atoms with Gasteiger partial charge in [0.25, 0.3) is 0 Å². The van der Waals surface area contributed by atoms with Crippen molar-refractivity contribution in [1.82, 2.24) is 5.32 Å². The number of carbonyl (C=O) groups is 2. The number of thioether (sulfide) groups is 1. The minimum atomic E-state index is -4.74. The first-order valence-electron chi connectivity index (χ1n) is 6.24. The van der Waals surface area contributed by atoms with E-state index >= 15 is 0 Å². The van der Waals surface area contributed by atoms with E-state index in [0.717, 1.165) is 12.1 Å². The predicted molar refractivity (Wildman–Crippen MR) is 77.5 cm³/mol. The Bertz CT molecular complexity index is 506. The summed E-state index contributed by atoms with van der Waals surface area (Å²) in [5, 5.41) is 5.14. The van der Waals surface area contributed by atoms with Crippen LogP contribution in [-0.2, 0) is 9.59 Å². The van der Waals surface area contributed by atoms with Crippen LogP contribution in [0.15, 0.2) is 24.3 Å². The van der Waals surface area contributed by atoms with Gasteiger partial charge in [-0.1, -0.05) is 0 Å². The highest BCUT2D eigenvalue weighted by Gasteiger charge is 2.30. The smallest absolute Gasteiger partial charge is 0.406 e. The number of amides is 2. The number of benzene rings is 1. The zero-order valence-corrected chi connectivity index (χ0v) is 12.5. The molecule has 0 saturated heterocycles. The van der Waals surface area contributed by atoms with Crippen LogP contribution in [0, 0.1) is 0 Å². The van der Waals surface area contributed by atoms with Crippen LogP contribution < -0.4 is 15.4 Å². The number of hydrogen-bond donors (Lipinski definition) is 2. The van der Waals surface area contributed by atoms with Crippen molar-refractivity contribution in [3.05, 3.63) is 24.3 Å². The molecule has 0 fully saturated rings. The highest BCUT2D eigenvalue weighted by atomic mass is 32.2. The van der Waals surface area contributed by atoms with E-state index in [-0.39, 0.29) is 24.0 Å². The lowest BCUT2D eigenvalue weighted by atomic mass is 10.3. The Hall–Kier alpha value is -1.90. The zero-order valence-electron chi connectivity index (χ0n) is 11.7. The van der Waals surface area contributed by atoms with Crippen LogP contribution in [0.5, 0.6) is 5.75 Å². The summed E-state index contributed by atoms with van der Waals surface area (Å²) < 4.78 is 39.7. The predicted octanol–water partition coefficient (Wildman–Crippen LogP) is 2.74. The van der Waals surface area contributed by atoms with Crippen LogP contribution in [-0.4, -0.2) is 29.8 Å². The average molecular weight is 336 g/mol. The van der Waals surface area contributed by atoms with E-state index in [1.807, 2.05) is 0 Å². The average Bonchev–Trinajstić information content (AvgIpc) is 2.38. The molecule has 1 aromatic rings. The van der Waals surface area contributed by atoms with Gasteiger partial charge in [-0.05, 0) is 24.3 Å². The Morgan fingerprint density at radius 1 is 1.23 bits per heavy atom. The van der Waals surface area contributed by atoms with Crippen LogP contribution in [0.1, 0.15) is 13.3 Å². The lowest BCUT2D eigenvalue weighted by Gasteiger charge is -2.10. The lowest BCUT2D eigenvalue weighted by Crippen LogP contribution is -2.19. The molecule has 2 N–H and O–H groups in total. The number of carbonyl (C=O) groups excluding carboxylic acids is 2. The van der Waals surface area contributed by atoms with Crippen molar-refractivity contribution in [2.45, 2.75) is 19.7 Å². The third-order valence-corrected chi connectivity index (χ3v) is 3.11. The summed E-state index contributed by atoms with van der Waals surface area (Å²) in [7, 11) is 0. The fraction of sp³-hybridized carbons (Fsp3) is 0.385. The second kappa shape index (κ2) is 8.52. The van der Waals surface area contributed by atoms with Crippen molar-refractivity contribution in [2.75, 3.05) is 16.9 Å². The fourth-order valence-electron chi connectivity index (χ4n) is 1.35. The molecule has 122 valence electrons. The Balaban J connectivity index is 2.31. The molecule has 1 rings (SSSR count). The molecular weight excluding hydrogens is 321 g/mol. The van der Waals surface area contributed by atoms with Gasteiger partial charge in [-0.2, -0.15) is 0 Å². The number of nitrogens with one attached hydrogen (secondary N) is 2. The standard InChI is InChI=1S/C13H15F3N2O3S/c1-9(19)17-8-22-7-6-12(20)18-10-2-4-11(5-3-10)21-13(14,15)16/h2-5H,6-8H2,1H3,(H,17,19)(H,18,20). The molecule has 9 heteroatoms. The normalized spacial score (nSPS) is 10.9. The molecule has 0 bridgehead atoms. The molecule has 0 radical (unpaired) electrons. The highest BCUT2D eigenvalue weighted by Crippen LogP contribution is 2.23. The van der Waals surface area contributed by atoms with Gasteiger partial charge in [0, 0.05) is 24.8 Å². The van der Waals surface area contributed by atoms with E-state index < -0.39 is 6.36 Å². The van der Waals surface area contributed by atoms with Crippen molar-refractivity contribution in [2.24, 2.45) is 0 Å². The minimum Gasteiger partial charge on any atom is -0.406 e. The first-order chi connectivity index (χ1) is 10.3. The summed E-state index contributed by atoms with van der Waals surface area (Å²) >= 11 is 1.39. The first-order valence-corrected chi connectivity index (χ1v) is 7.39. The van der Waals surface area contributed by atoms with Crippen LogP contribution in [0.2, 0.25) is 0 Å². The molecule has 0 aromatic heterocycles. The van der Waals surface area contributed by atoms with Gasteiger partial charge in [0.05, 0.1) is 5.88 Å². The number of alkyl halides is 3. The van der Waals surface area contributed by atoms with Crippen molar-refractivity contribution >= 4 is 29.3 Å². The molecule has 1 aromatic carbocycles. The number of hydrogen-bond acceptors (Lipinski definition) is 4. The monoisotopic (exact) mass is 336 g/mol. The van der Waals surface area contributed by atoms with Crippen LogP contribution in [0.3, 0.4) is 0 Å². The van der Waals surface area contributed by atoms with Crippen molar-refractivity contribution < 1.29 is 27.5 Å². The molecule has 0 aliphatic heterocycles. The van der Waals surface area contributed by atoms with Gasteiger partial charge >= 0.3 is 6.36 Å². The Morgan fingerprint density at radius 2 is 1.86 bits per heavy atom. The van der Waals surface area contributed by atoms with Gasteiger partial charge in [-0.15, -0.1) is 24.9 Å². The number of halogens is 3. The summed E-state index contributed by atoms with van der Waals surface area (Å²) in [5.41, 5.74) is 0.381. The topological polar surface area (TPSA) is 67.4 Å². The molecular formula is C13H15F3N2O3S. The quantitative estimate of drug-likeness (QED) is 0.593. The molecule has 0 aliphatic rings. The summed E-state index contributed by atoms with van der Waals surface area (Å²) in [5.74, 6) is 0.183. The third kappa shape index (κ3) is 8.40. The van der Waals surface area contributed by atoms with Gasteiger partial charge in [0.2, 0.25) is 11.8 Å². The summed E-state index contributed by atoms with van der Waals surface area (Å²) in [4.78, 5) is 22.2. The largest absolute Gasteiger partial charge is 0.573 e. The molecule has 0 saturated carbocycles. The van der Waals surface area contributed by atoms with Crippen LogP contribution >= 0.6 is 11.8 Å². The van der Waals surface area contributed by atoms with E-state index in [9.17, 15) is 22.8 Å². The van der Waals surface area contributed by atoms with Gasteiger partial charge in [-0.3, -0.25) is 9.59 Å². The van der Waals surface area contributed by atoms with Crippen LogP contribution in [0.25, 0.3) is 0 Å². The van der Waals surface area contributed by atoms with Gasteiger partial charge in [-0.25, -0.2) is 0 Å². The number of ether oxygens (including phenoxy) is 1. The first kappa shape index (κ1) is 18.1. The summed E-state index contributed by atoms with van der Waals surface area (Å²) in [6.07, 6.45) is -4.51. The highest BCUT2D eigenvalue weighted by molar-refractivity contribution is 7.99. The number of rotatable bonds is 7. The van der Waals surface area contributed by atoms with E-state index in [1.54, 1.807) is 0 Å². The van der Waals surface area contributed by atoms with E-state index in [4.69, 9.17) is 0 Å². The Labute approximate surface area is 129 Å². The zero-order chi connectivity index (χ0) is 16.6. The maximum absolute atomic E-state index is 12.0. The van der Waals surface area contributed by atoms with Crippen molar-refractivity contribution in [3.8, 4) is 5.75 Å². The van der Waals surface area contributed by atoms with Gasteiger partial charge < -0.3 is 15.4 Å². The molecule has 0 atom stereocenters. The van der Waals surface area contributed by atoms with E-state index in [1.165, 1.54) is 30.8 Å².